The normalized spacial score (nSPS) is 19.6. The van der Waals surface area contributed by atoms with E-state index in [0.717, 1.165) is 11.0 Å². The van der Waals surface area contributed by atoms with E-state index in [9.17, 15) is 22.8 Å². The maximum atomic E-state index is 12.8. The van der Waals surface area contributed by atoms with E-state index in [4.69, 9.17) is 11.6 Å². The van der Waals surface area contributed by atoms with Gasteiger partial charge in [-0.25, -0.2) is 0 Å². The first-order chi connectivity index (χ1) is 9.20. The Labute approximate surface area is 125 Å². The van der Waals surface area contributed by atoms with Crippen LogP contribution in [0.4, 0.5) is 18.9 Å². The van der Waals surface area contributed by atoms with E-state index in [-0.39, 0.29) is 23.1 Å². The summed E-state index contributed by atoms with van der Waals surface area (Å²) in [5.41, 5.74) is -0.769. The van der Waals surface area contributed by atoms with Crippen molar-refractivity contribution in [2.45, 2.75) is 12.6 Å². The van der Waals surface area contributed by atoms with Gasteiger partial charge in [-0.05, 0) is 29.8 Å². The maximum Gasteiger partial charge on any atom is 0.417 e. The highest BCUT2D eigenvalue weighted by atomic mass is 79.9. The zero-order valence-corrected chi connectivity index (χ0v) is 12.2. The van der Waals surface area contributed by atoms with E-state index in [0.29, 0.717) is 0 Å². The zero-order chi connectivity index (χ0) is 15.1. The molecule has 0 aromatic heterocycles. The molecule has 1 aliphatic rings. The minimum Gasteiger partial charge on any atom is -0.312 e. The minimum atomic E-state index is -4.53. The van der Waals surface area contributed by atoms with Gasteiger partial charge < -0.3 is 4.90 Å². The molecule has 20 heavy (non-hydrogen) atoms. The van der Waals surface area contributed by atoms with Gasteiger partial charge >= 0.3 is 6.18 Å². The van der Waals surface area contributed by atoms with Crippen molar-refractivity contribution in [2.75, 3.05) is 11.4 Å². The van der Waals surface area contributed by atoms with Gasteiger partial charge in [0, 0.05) is 23.1 Å². The first kappa shape index (κ1) is 15.3. The molecule has 1 fully saturated rings. The molecule has 0 radical (unpaired) electrons. The van der Waals surface area contributed by atoms with Gasteiger partial charge in [-0.3, -0.25) is 9.59 Å². The number of hydrogen-bond acceptors (Lipinski definition) is 2. The Morgan fingerprint density at radius 2 is 2.05 bits per heavy atom. The molecule has 108 valence electrons. The fourth-order valence-corrected chi connectivity index (χ4v) is 2.63. The largest absolute Gasteiger partial charge is 0.417 e. The third-order valence-electron chi connectivity index (χ3n) is 3.01. The third kappa shape index (κ3) is 2.98. The van der Waals surface area contributed by atoms with Gasteiger partial charge in [-0.2, -0.15) is 13.2 Å². The number of anilines is 1. The summed E-state index contributed by atoms with van der Waals surface area (Å²) in [5, 5.41) is -0.658. The number of halogens is 5. The van der Waals surface area contributed by atoms with Crippen molar-refractivity contribution in [3.05, 3.63) is 28.2 Å². The number of hydrogen-bond donors (Lipinski definition) is 0. The molecule has 3 nitrogen and oxygen atoms in total. The Morgan fingerprint density at radius 1 is 1.40 bits per heavy atom. The van der Waals surface area contributed by atoms with Crippen LogP contribution in [0.1, 0.15) is 12.0 Å². The monoisotopic (exact) mass is 369 g/mol. The molecule has 1 aromatic rings. The number of nitrogens with zero attached hydrogens (tertiary/aromatic N) is 1. The topological polar surface area (TPSA) is 37.4 Å². The lowest BCUT2D eigenvalue weighted by atomic mass is 10.1. The van der Waals surface area contributed by atoms with E-state index in [1.807, 2.05) is 0 Å². The van der Waals surface area contributed by atoms with Crippen LogP contribution in [0.25, 0.3) is 0 Å². The highest BCUT2D eigenvalue weighted by Gasteiger charge is 2.37. The van der Waals surface area contributed by atoms with E-state index >= 15 is 0 Å². The Bertz CT molecular complexity index is 576. The smallest absolute Gasteiger partial charge is 0.312 e. The Morgan fingerprint density at radius 3 is 2.55 bits per heavy atom. The molecule has 1 saturated heterocycles. The number of carbonyl (C=O) groups excluding carboxylic acids is 2. The summed E-state index contributed by atoms with van der Waals surface area (Å²) in [6.45, 7) is 0.0000954. The van der Waals surface area contributed by atoms with Crippen molar-refractivity contribution in [1.82, 2.24) is 0 Å². The van der Waals surface area contributed by atoms with Crippen molar-refractivity contribution in [1.29, 1.82) is 0 Å². The summed E-state index contributed by atoms with van der Waals surface area (Å²) in [5.74, 6) is -1.10. The van der Waals surface area contributed by atoms with E-state index < -0.39 is 28.8 Å². The van der Waals surface area contributed by atoms with Crippen LogP contribution >= 0.6 is 27.5 Å². The third-order valence-corrected chi connectivity index (χ3v) is 4.01. The fraction of sp³-hybridized carbons (Fsp3) is 0.333. The lowest BCUT2D eigenvalue weighted by molar-refractivity contribution is -0.138. The van der Waals surface area contributed by atoms with Crippen molar-refractivity contribution in [2.24, 2.45) is 5.92 Å². The lowest BCUT2D eigenvalue weighted by Gasteiger charge is -2.18. The molecule has 1 aliphatic heterocycles. The average molecular weight is 371 g/mol. The highest BCUT2D eigenvalue weighted by Crippen LogP contribution is 2.38. The molecule has 1 atom stereocenters. The van der Waals surface area contributed by atoms with Crippen LogP contribution in [0.2, 0.25) is 0 Å². The molecule has 1 heterocycles. The van der Waals surface area contributed by atoms with Gasteiger partial charge in [0.15, 0.2) is 0 Å². The standard InChI is InChI=1S/C12H8BrClF3NO2/c13-9-2-1-7(4-8(9)12(15,16)17)18-5-6(11(14)20)3-10(18)19/h1-2,4,6H,3,5H2/t6-/m1/s1. The van der Waals surface area contributed by atoms with Crippen LogP contribution in [0.15, 0.2) is 22.7 Å². The summed E-state index contributed by atoms with van der Waals surface area (Å²) in [7, 11) is 0. The summed E-state index contributed by atoms with van der Waals surface area (Å²) in [4.78, 5) is 24.0. The molecule has 0 N–H and O–H groups in total. The number of rotatable bonds is 2. The van der Waals surface area contributed by atoms with Crippen molar-refractivity contribution in [3.8, 4) is 0 Å². The number of carbonyl (C=O) groups is 2. The zero-order valence-electron chi connectivity index (χ0n) is 9.88. The molecule has 0 bridgehead atoms. The lowest BCUT2D eigenvalue weighted by Crippen LogP contribution is -2.25. The average Bonchev–Trinajstić information content (AvgIpc) is 2.71. The van der Waals surface area contributed by atoms with Gasteiger partial charge in [0.25, 0.3) is 0 Å². The molecular weight excluding hydrogens is 362 g/mol. The number of benzene rings is 1. The van der Waals surface area contributed by atoms with Gasteiger partial charge in [-0.15, -0.1) is 0 Å². The van der Waals surface area contributed by atoms with Crippen molar-refractivity contribution < 1.29 is 22.8 Å². The number of alkyl halides is 3. The molecular formula is C12H8BrClF3NO2. The Hall–Kier alpha value is -1.08. The van der Waals surface area contributed by atoms with Gasteiger partial charge in [0.05, 0.1) is 11.5 Å². The van der Waals surface area contributed by atoms with Gasteiger partial charge in [0.2, 0.25) is 11.1 Å². The molecule has 0 saturated carbocycles. The summed E-state index contributed by atoms with van der Waals surface area (Å²) in [6, 6.07) is 3.49. The number of amides is 1. The molecule has 8 heteroatoms. The van der Waals surface area contributed by atoms with E-state index in [1.165, 1.54) is 12.1 Å². The molecule has 0 spiro atoms. The molecule has 0 unspecified atom stereocenters. The predicted octanol–water partition coefficient (Wildman–Crippen LogP) is 3.59. The Balaban J connectivity index is 2.35. The second-order valence-electron chi connectivity index (χ2n) is 4.37. The van der Waals surface area contributed by atoms with Crippen molar-refractivity contribution >= 4 is 44.4 Å². The summed E-state index contributed by atoms with van der Waals surface area (Å²) < 4.78 is 38.3. The van der Waals surface area contributed by atoms with Crippen LogP contribution in [0.3, 0.4) is 0 Å². The van der Waals surface area contributed by atoms with Crippen LogP contribution in [-0.2, 0) is 15.8 Å². The van der Waals surface area contributed by atoms with E-state index in [2.05, 4.69) is 15.9 Å². The van der Waals surface area contributed by atoms with Crippen LogP contribution < -0.4 is 4.90 Å². The predicted molar refractivity (Wildman–Crippen MR) is 70.5 cm³/mol. The van der Waals surface area contributed by atoms with Crippen molar-refractivity contribution in [3.63, 3.8) is 0 Å². The second-order valence-corrected chi connectivity index (χ2v) is 5.60. The van der Waals surface area contributed by atoms with E-state index in [1.54, 1.807) is 0 Å². The molecule has 1 aromatic carbocycles. The van der Waals surface area contributed by atoms with Gasteiger partial charge in [-0.1, -0.05) is 15.9 Å². The quantitative estimate of drug-likeness (QED) is 0.746. The minimum absolute atomic E-state index is 0.0000954. The van der Waals surface area contributed by atoms with Crippen LogP contribution in [0, 0.1) is 5.92 Å². The van der Waals surface area contributed by atoms with Crippen LogP contribution in [0.5, 0.6) is 0 Å². The molecule has 2 rings (SSSR count). The first-order valence-electron chi connectivity index (χ1n) is 5.56. The Kier molecular flexibility index (Phi) is 4.11. The molecule has 1 amide bonds. The summed E-state index contributed by atoms with van der Waals surface area (Å²) >= 11 is 8.15. The molecule has 0 aliphatic carbocycles. The highest BCUT2D eigenvalue weighted by molar-refractivity contribution is 9.10. The first-order valence-corrected chi connectivity index (χ1v) is 6.73. The SMILES string of the molecule is O=C(Cl)[C@@H]1CC(=O)N(c2ccc(Br)c(C(F)(F)F)c2)C1. The van der Waals surface area contributed by atoms with Crippen LogP contribution in [-0.4, -0.2) is 17.7 Å². The van der Waals surface area contributed by atoms with Gasteiger partial charge in [0.1, 0.15) is 0 Å². The second kappa shape index (κ2) is 5.37. The summed E-state index contributed by atoms with van der Waals surface area (Å²) in [6.07, 6.45) is -4.61. The fourth-order valence-electron chi connectivity index (χ4n) is 2.01. The maximum absolute atomic E-state index is 12.8.